The van der Waals surface area contributed by atoms with E-state index in [-0.39, 0.29) is 36.6 Å². The van der Waals surface area contributed by atoms with E-state index in [0.29, 0.717) is 18.8 Å². The predicted molar refractivity (Wildman–Crippen MR) is 103 cm³/mol. The summed E-state index contributed by atoms with van der Waals surface area (Å²) in [7, 11) is 0. The Hall–Kier alpha value is -2.70. The van der Waals surface area contributed by atoms with Gasteiger partial charge in [0.15, 0.2) is 0 Å². The van der Waals surface area contributed by atoms with E-state index >= 15 is 0 Å². The van der Waals surface area contributed by atoms with Crippen LogP contribution in [-0.2, 0) is 16.1 Å². The highest BCUT2D eigenvalue weighted by atomic mass is 16.5. The van der Waals surface area contributed by atoms with Gasteiger partial charge in [0.1, 0.15) is 18.4 Å². The molecule has 1 aromatic carbocycles. The van der Waals surface area contributed by atoms with Crippen LogP contribution in [0.15, 0.2) is 30.9 Å². The van der Waals surface area contributed by atoms with Gasteiger partial charge in [-0.05, 0) is 23.0 Å². The minimum absolute atomic E-state index is 0.0441. The molecule has 1 amide bonds. The van der Waals surface area contributed by atoms with Crippen LogP contribution < -0.4 is 10.1 Å². The first-order valence-electron chi connectivity index (χ1n) is 9.31. The molecule has 2 aromatic rings. The number of nitrogens with zero attached hydrogens (tertiary/aromatic N) is 3. The highest BCUT2D eigenvalue weighted by molar-refractivity contribution is 5.82. The highest BCUT2D eigenvalue weighted by Crippen LogP contribution is 2.34. The van der Waals surface area contributed by atoms with Crippen molar-refractivity contribution in [2.24, 2.45) is 0 Å². The van der Waals surface area contributed by atoms with Crippen molar-refractivity contribution in [1.82, 2.24) is 20.1 Å². The van der Waals surface area contributed by atoms with Gasteiger partial charge in [-0.1, -0.05) is 45.9 Å². The lowest BCUT2D eigenvalue weighted by Gasteiger charge is -2.18. The summed E-state index contributed by atoms with van der Waals surface area (Å²) < 4.78 is 7.44. The fourth-order valence-electron chi connectivity index (χ4n) is 2.73. The first kappa shape index (κ1) is 20.6. The molecule has 0 aliphatic rings. The normalized spacial score (nSPS) is 11.0. The number of para-hydroxylation sites is 1. The minimum atomic E-state index is -0.390. The Morgan fingerprint density at radius 1 is 1.04 bits per heavy atom. The van der Waals surface area contributed by atoms with Crippen molar-refractivity contribution in [1.29, 1.82) is 0 Å². The second-order valence-corrected chi connectivity index (χ2v) is 7.10. The van der Waals surface area contributed by atoms with Gasteiger partial charge in [-0.25, -0.2) is 0 Å². The number of hydrogen-bond acceptors (Lipinski definition) is 5. The zero-order valence-electron chi connectivity index (χ0n) is 16.4. The molecule has 27 heavy (non-hydrogen) atoms. The molecule has 0 saturated carbocycles. The summed E-state index contributed by atoms with van der Waals surface area (Å²) in [4.78, 5) is 24.2. The smallest absolute Gasteiger partial charge is 0.311 e. The fourth-order valence-corrected chi connectivity index (χ4v) is 2.73. The molecule has 2 rings (SSSR count). The molecule has 1 aromatic heterocycles. The molecule has 1 N–H and O–H groups in total. The van der Waals surface area contributed by atoms with Gasteiger partial charge < -0.3 is 14.6 Å². The molecule has 0 saturated heterocycles. The molecule has 0 atom stereocenters. The number of benzene rings is 1. The van der Waals surface area contributed by atoms with Crippen LogP contribution in [-0.4, -0.2) is 33.2 Å². The Kier molecular flexibility index (Phi) is 7.52. The van der Waals surface area contributed by atoms with Crippen LogP contribution in [0.25, 0.3) is 0 Å². The van der Waals surface area contributed by atoms with Crippen molar-refractivity contribution < 1.29 is 14.3 Å². The van der Waals surface area contributed by atoms with Crippen molar-refractivity contribution in [3.8, 4) is 5.75 Å². The van der Waals surface area contributed by atoms with Crippen molar-refractivity contribution in [3.63, 3.8) is 0 Å². The number of ether oxygens (including phenoxy) is 1. The van der Waals surface area contributed by atoms with Gasteiger partial charge in [-0.15, -0.1) is 10.2 Å². The van der Waals surface area contributed by atoms with Crippen molar-refractivity contribution in [2.45, 2.75) is 58.9 Å². The van der Waals surface area contributed by atoms with Crippen molar-refractivity contribution in [3.05, 3.63) is 42.0 Å². The summed E-state index contributed by atoms with van der Waals surface area (Å²) in [5.41, 5.74) is 2.01. The van der Waals surface area contributed by atoms with Crippen LogP contribution in [0.3, 0.4) is 0 Å². The average Bonchev–Trinajstić information content (AvgIpc) is 3.13. The maximum Gasteiger partial charge on any atom is 0.311 e. The van der Waals surface area contributed by atoms with Crippen LogP contribution in [0.4, 0.5) is 0 Å². The third-order valence-electron chi connectivity index (χ3n) is 4.25. The highest BCUT2D eigenvalue weighted by Gasteiger charge is 2.18. The zero-order chi connectivity index (χ0) is 19.8. The number of rotatable bonds is 9. The molecule has 0 aliphatic carbocycles. The van der Waals surface area contributed by atoms with E-state index in [1.807, 2.05) is 18.2 Å². The van der Waals surface area contributed by atoms with Crippen molar-refractivity contribution >= 4 is 11.9 Å². The van der Waals surface area contributed by atoms with E-state index in [2.05, 4.69) is 43.2 Å². The van der Waals surface area contributed by atoms with Crippen LogP contribution in [0.2, 0.25) is 0 Å². The van der Waals surface area contributed by atoms with Crippen LogP contribution in [0.1, 0.15) is 63.5 Å². The second kappa shape index (κ2) is 9.85. The van der Waals surface area contributed by atoms with Gasteiger partial charge in [-0.2, -0.15) is 0 Å². The molecule has 146 valence electrons. The first-order valence-corrected chi connectivity index (χ1v) is 9.31. The van der Waals surface area contributed by atoms with Gasteiger partial charge in [0, 0.05) is 19.5 Å². The molecule has 7 heteroatoms. The van der Waals surface area contributed by atoms with E-state index < -0.39 is 0 Å². The summed E-state index contributed by atoms with van der Waals surface area (Å²) in [6.07, 6.45) is 3.31. The van der Waals surface area contributed by atoms with Crippen molar-refractivity contribution in [2.75, 3.05) is 6.54 Å². The molecule has 0 bridgehead atoms. The van der Waals surface area contributed by atoms with E-state index in [0.717, 1.165) is 11.1 Å². The van der Waals surface area contributed by atoms with Crippen LogP contribution in [0.5, 0.6) is 5.75 Å². The minimum Gasteiger partial charge on any atom is -0.426 e. The zero-order valence-corrected chi connectivity index (χ0v) is 16.4. The Labute approximate surface area is 160 Å². The lowest BCUT2D eigenvalue weighted by atomic mass is 9.94. The lowest BCUT2D eigenvalue weighted by molar-refractivity contribution is -0.136. The number of amides is 1. The van der Waals surface area contributed by atoms with E-state index in [1.165, 1.54) is 0 Å². The quantitative estimate of drug-likeness (QED) is 0.540. The number of aromatic nitrogens is 3. The Morgan fingerprint density at radius 3 is 2.19 bits per heavy atom. The number of carbonyl (C=O) groups is 2. The van der Waals surface area contributed by atoms with Gasteiger partial charge in [0.25, 0.3) is 0 Å². The second-order valence-electron chi connectivity index (χ2n) is 7.10. The molecule has 7 nitrogen and oxygen atoms in total. The molecule has 0 unspecified atom stereocenters. The number of nitrogens with one attached hydrogen (secondary N) is 1. The molecular formula is C20H28N4O3. The van der Waals surface area contributed by atoms with E-state index in [4.69, 9.17) is 4.74 Å². The summed E-state index contributed by atoms with van der Waals surface area (Å²) >= 11 is 0. The van der Waals surface area contributed by atoms with E-state index in [1.54, 1.807) is 17.2 Å². The Morgan fingerprint density at radius 2 is 1.63 bits per heavy atom. The summed E-state index contributed by atoms with van der Waals surface area (Å²) in [6.45, 7) is 9.32. The molecule has 0 spiro atoms. The first-order chi connectivity index (χ1) is 12.9. The van der Waals surface area contributed by atoms with E-state index in [9.17, 15) is 9.59 Å². The SMILES string of the molecule is CC(C)c1cccc(C(C)C)c1OC(=O)CCC(=O)NCCn1cnnc1. The number of esters is 1. The van der Waals surface area contributed by atoms with Gasteiger partial charge in [0.05, 0.1) is 6.42 Å². The molecular weight excluding hydrogens is 344 g/mol. The average molecular weight is 372 g/mol. The van der Waals surface area contributed by atoms with Gasteiger partial charge in [0.2, 0.25) is 5.91 Å². The predicted octanol–water partition coefficient (Wildman–Crippen LogP) is 3.03. The van der Waals surface area contributed by atoms with Gasteiger partial charge >= 0.3 is 5.97 Å². The fraction of sp³-hybridized carbons (Fsp3) is 0.500. The third kappa shape index (κ3) is 6.20. The molecule has 0 aliphatic heterocycles. The standard InChI is InChI=1S/C20H28N4O3/c1-14(2)16-6-5-7-17(15(3)4)20(16)27-19(26)9-8-18(25)21-10-11-24-12-22-23-13-24/h5-7,12-15H,8-11H2,1-4H3,(H,21,25). The lowest BCUT2D eigenvalue weighted by Crippen LogP contribution is -2.27. The molecule has 0 fully saturated rings. The maximum atomic E-state index is 12.3. The van der Waals surface area contributed by atoms with Gasteiger partial charge in [-0.3, -0.25) is 9.59 Å². The Bertz CT molecular complexity index is 728. The largest absolute Gasteiger partial charge is 0.426 e. The summed E-state index contributed by atoms with van der Waals surface area (Å²) in [5, 5.41) is 10.2. The molecule has 0 radical (unpaired) electrons. The number of carbonyl (C=O) groups excluding carboxylic acids is 2. The number of hydrogen-bond donors (Lipinski definition) is 1. The maximum absolute atomic E-state index is 12.3. The van der Waals surface area contributed by atoms with Crippen LogP contribution in [0, 0.1) is 0 Å². The third-order valence-corrected chi connectivity index (χ3v) is 4.25. The monoisotopic (exact) mass is 372 g/mol. The summed E-state index contributed by atoms with van der Waals surface area (Å²) in [5.74, 6) is 0.556. The summed E-state index contributed by atoms with van der Waals surface area (Å²) in [6, 6.07) is 5.96. The molecule has 1 heterocycles. The van der Waals surface area contributed by atoms with Crippen LogP contribution >= 0.6 is 0 Å². The topological polar surface area (TPSA) is 86.1 Å². The Balaban J connectivity index is 1.87.